The standard InChI is InChI=1S/C30H40N4S2/c1-3-5-7-9-11-13-15-27-31-33-29(35-27)24-19-17-23-18-20-25(22-26(23)21-24)30-34-32-28(36-30)16-14-12-10-8-6-4-2/h17-22H,3-16H2,1-2H3. The third kappa shape index (κ3) is 7.91. The molecular weight excluding hydrogens is 480 g/mol. The second kappa shape index (κ2) is 14.5. The molecule has 4 aromatic rings. The lowest BCUT2D eigenvalue weighted by molar-refractivity contribution is 0.606. The third-order valence-corrected chi connectivity index (χ3v) is 8.82. The van der Waals surface area contributed by atoms with Gasteiger partial charge < -0.3 is 0 Å². The number of aromatic nitrogens is 4. The van der Waals surface area contributed by atoms with Gasteiger partial charge in [0, 0.05) is 24.0 Å². The van der Waals surface area contributed by atoms with Crippen molar-refractivity contribution in [1.29, 1.82) is 0 Å². The molecule has 6 heteroatoms. The van der Waals surface area contributed by atoms with Gasteiger partial charge in [0.15, 0.2) is 0 Å². The van der Waals surface area contributed by atoms with Crippen LogP contribution in [0.25, 0.3) is 31.9 Å². The van der Waals surface area contributed by atoms with Crippen LogP contribution >= 0.6 is 22.7 Å². The lowest BCUT2D eigenvalue weighted by Gasteiger charge is -2.03. The van der Waals surface area contributed by atoms with Crippen LogP contribution in [0.4, 0.5) is 0 Å². The lowest BCUT2D eigenvalue weighted by Crippen LogP contribution is -1.85. The second-order valence-corrected chi connectivity index (χ2v) is 11.9. The van der Waals surface area contributed by atoms with Crippen LogP contribution in [0.5, 0.6) is 0 Å². The molecule has 0 saturated carbocycles. The van der Waals surface area contributed by atoms with Gasteiger partial charge in [0.25, 0.3) is 0 Å². The Morgan fingerprint density at radius 1 is 0.500 bits per heavy atom. The molecule has 0 aliphatic heterocycles. The van der Waals surface area contributed by atoms with Crippen molar-refractivity contribution >= 4 is 33.4 Å². The number of hydrogen-bond acceptors (Lipinski definition) is 6. The summed E-state index contributed by atoms with van der Waals surface area (Å²) in [7, 11) is 0. The first-order chi connectivity index (χ1) is 17.8. The summed E-state index contributed by atoms with van der Waals surface area (Å²) in [5.41, 5.74) is 2.29. The van der Waals surface area contributed by atoms with Crippen molar-refractivity contribution in [2.45, 2.75) is 104 Å². The molecule has 0 saturated heterocycles. The van der Waals surface area contributed by atoms with Gasteiger partial charge in [0.05, 0.1) is 0 Å². The Bertz CT molecular complexity index is 1110. The molecule has 0 spiro atoms. The van der Waals surface area contributed by atoms with E-state index in [1.54, 1.807) is 22.7 Å². The summed E-state index contributed by atoms with van der Waals surface area (Å²) in [6.45, 7) is 4.53. The molecule has 0 bridgehead atoms. The van der Waals surface area contributed by atoms with E-state index in [1.165, 1.54) is 87.8 Å². The number of hydrogen-bond donors (Lipinski definition) is 0. The minimum Gasteiger partial charge on any atom is -0.143 e. The van der Waals surface area contributed by atoms with Gasteiger partial charge in [-0.3, -0.25) is 0 Å². The molecule has 4 nitrogen and oxygen atoms in total. The number of nitrogens with zero attached hydrogens (tertiary/aromatic N) is 4. The highest BCUT2D eigenvalue weighted by molar-refractivity contribution is 7.15. The summed E-state index contributed by atoms with van der Waals surface area (Å²) >= 11 is 3.48. The van der Waals surface area contributed by atoms with Gasteiger partial charge in [-0.1, -0.05) is 125 Å². The Morgan fingerprint density at radius 2 is 0.944 bits per heavy atom. The van der Waals surface area contributed by atoms with Crippen LogP contribution in [-0.2, 0) is 12.8 Å². The molecule has 0 unspecified atom stereocenters. The first-order valence-corrected chi connectivity index (χ1v) is 15.6. The summed E-state index contributed by atoms with van der Waals surface area (Å²) in [6.07, 6.45) is 17.8. The summed E-state index contributed by atoms with van der Waals surface area (Å²) < 4.78 is 0. The number of benzene rings is 2. The maximum Gasteiger partial charge on any atom is 0.147 e. The summed E-state index contributed by atoms with van der Waals surface area (Å²) in [6, 6.07) is 13.2. The van der Waals surface area contributed by atoms with Crippen LogP contribution < -0.4 is 0 Å². The van der Waals surface area contributed by atoms with Gasteiger partial charge in [0.2, 0.25) is 0 Å². The number of rotatable bonds is 16. The Kier molecular flexibility index (Phi) is 10.8. The highest BCUT2D eigenvalue weighted by Gasteiger charge is 2.10. The molecule has 36 heavy (non-hydrogen) atoms. The van der Waals surface area contributed by atoms with Crippen LogP contribution in [0, 0.1) is 0 Å². The Hall–Kier alpha value is -2.18. The van der Waals surface area contributed by atoms with Gasteiger partial charge in [-0.2, -0.15) is 0 Å². The summed E-state index contributed by atoms with van der Waals surface area (Å²) in [5.74, 6) is 0. The Balaban J connectivity index is 1.36. The van der Waals surface area contributed by atoms with Crippen LogP contribution in [0.2, 0.25) is 0 Å². The fourth-order valence-electron chi connectivity index (χ4n) is 4.57. The van der Waals surface area contributed by atoms with Crippen LogP contribution in [0.1, 0.15) is 101 Å². The van der Waals surface area contributed by atoms with E-state index in [0.717, 1.165) is 44.0 Å². The number of unbranched alkanes of at least 4 members (excludes halogenated alkanes) is 10. The Morgan fingerprint density at radius 3 is 1.42 bits per heavy atom. The van der Waals surface area contributed by atoms with Crippen molar-refractivity contribution in [2.24, 2.45) is 0 Å². The average Bonchev–Trinajstić information content (AvgIpc) is 3.58. The molecule has 2 heterocycles. The smallest absolute Gasteiger partial charge is 0.143 e. The first kappa shape index (κ1) is 26.9. The largest absolute Gasteiger partial charge is 0.147 e. The van der Waals surface area contributed by atoms with Gasteiger partial charge in [-0.25, -0.2) is 0 Å². The van der Waals surface area contributed by atoms with Gasteiger partial charge in [-0.15, -0.1) is 20.4 Å². The summed E-state index contributed by atoms with van der Waals surface area (Å²) in [4.78, 5) is 0. The minimum absolute atomic E-state index is 1.01. The van der Waals surface area contributed by atoms with Crippen LogP contribution in [-0.4, -0.2) is 20.4 Å². The van der Waals surface area contributed by atoms with E-state index in [4.69, 9.17) is 0 Å². The van der Waals surface area contributed by atoms with Crippen LogP contribution in [0.15, 0.2) is 36.4 Å². The topological polar surface area (TPSA) is 51.6 Å². The van der Waals surface area contributed by atoms with Crippen molar-refractivity contribution in [2.75, 3.05) is 0 Å². The number of fused-ring (bicyclic) bond motifs is 1. The molecule has 2 aromatic heterocycles. The van der Waals surface area contributed by atoms with Crippen molar-refractivity contribution in [3.8, 4) is 21.1 Å². The molecule has 0 atom stereocenters. The number of aryl methyl sites for hydroxylation is 2. The summed E-state index contributed by atoms with van der Waals surface area (Å²) in [5, 5.41) is 24.7. The molecule has 0 amide bonds. The monoisotopic (exact) mass is 520 g/mol. The second-order valence-electron chi connectivity index (χ2n) is 9.81. The maximum atomic E-state index is 4.51. The fraction of sp³-hybridized carbons (Fsp3) is 0.533. The van der Waals surface area contributed by atoms with Gasteiger partial charge in [-0.05, 0) is 35.7 Å². The van der Waals surface area contributed by atoms with E-state index >= 15 is 0 Å². The zero-order chi connectivity index (χ0) is 25.0. The average molecular weight is 521 g/mol. The zero-order valence-electron chi connectivity index (χ0n) is 22.0. The van der Waals surface area contributed by atoms with E-state index in [1.807, 2.05) is 0 Å². The molecule has 0 radical (unpaired) electrons. The highest BCUT2D eigenvalue weighted by Crippen LogP contribution is 2.31. The molecule has 4 rings (SSSR count). The van der Waals surface area contributed by atoms with E-state index in [2.05, 4.69) is 70.6 Å². The molecule has 0 aliphatic carbocycles. The lowest BCUT2D eigenvalue weighted by atomic mass is 10.0. The van der Waals surface area contributed by atoms with Crippen molar-refractivity contribution in [3.05, 3.63) is 46.4 Å². The van der Waals surface area contributed by atoms with E-state index < -0.39 is 0 Å². The highest BCUT2D eigenvalue weighted by atomic mass is 32.1. The predicted octanol–water partition coefficient (Wildman–Crippen LogP) is 9.68. The van der Waals surface area contributed by atoms with Crippen molar-refractivity contribution < 1.29 is 0 Å². The van der Waals surface area contributed by atoms with Gasteiger partial charge in [0.1, 0.15) is 20.0 Å². The molecule has 0 fully saturated rings. The van der Waals surface area contributed by atoms with Crippen LogP contribution in [0.3, 0.4) is 0 Å². The van der Waals surface area contributed by atoms with E-state index in [0.29, 0.717) is 0 Å². The minimum atomic E-state index is 1.01. The maximum absolute atomic E-state index is 4.51. The molecule has 192 valence electrons. The zero-order valence-corrected chi connectivity index (χ0v) is 23.6. The molecule has 0 aliphatic rings. The van der Waals surface area contributed by atoms with Gasteiger partial charge >= 0.3 is 0 Å². The first-order valence-electron chi connectivity index (χ1n) is 14.0. The predicted molar refractivity (Wildman–Crippen MR) is 156 cm³/mol. The quantitative estimate of drug-likeness (QED) is 0.138. The Labute approximate surface area is 224 Å². The normalized spacial score (nSPS) is 11.5. The van der Waals surface area contributed by atoms with E-state index in [-0.39, 0.29) is 0 Å². The molecule has 0 N–H and O–H groups in total. The molecular formula is C30H40N4S2. The van der Waals surface area contributed by atoms with Crippen molar-refractivity contribution in [3.63, 3.8) is 0 Å². The molecule has 2 aromatic carbocycles. The third-order valence-electron chi connectivity index (χ3n) is 6.76. The van der Waals surface area contributed by atoms with Crippen molar-refractivity contribution in [1.82, 2.24) is 20.4 Å². The fourth-order valence-corrected chi connectivity index (χ4v) is 6.32. The SMILES string of the molecule is CCCCCCCCc1nnc(-c2ccc3ccc(-c4nnc(CCCCCCCC)s4)cc3c2)s1. The van der Waals surface area contributed by atoms with E-state index in [9.17, 15) is 0 Å².